The van der Waals surface area contributed by atoms with Crippen molar-refractivity contribution in [1.82, 2.24) is 40.3 Å². The number of hydrogen-bond acceptors (Lipinski definition) is 11. The van der Waals surface area contributed by atoms with Gasteiger partial charge in [-0.2, -0.15) is 4.98 Å². The number of ether oxygens (including phenoxy) is 1. The fraction of sp³-hybridized carbons (Fsp3) is 0.400. The summed E-state index contributed by atoms with van der Waals surface area (Å²) in [5, 5.41) is 16.0. The van der Waals surface area contributed by atoms with E-state index in [9.17, 15) is 0 Å². The molecule has 4 aromatic heterocycles. The summed E-state index contributed by atoms with van der Waals surface area (Å²) < 4.78 is 13.4. The van der Waals surface area contributed by atoms with E-state index in [1.807, 2.05) is 36.4 Å². The highest BCUT2D eigenvalue weighted by atomic mass is 32.1. The van der Waals surface area contributed by atoms with E-state index in [-0.39, 0.29) is 12.0 Å². The summed E-state index contributed by atoms with van der Waals surface area (Å²) in [6, 6.07) is 12.6. The van der Waals surface area contributed by atoms with Gasteiger partial charge in [-0.15, -0.1) is 5.10 Å². The van der Waals surface area contributed by atoms with Crippen molar-refractivity contribution in [2.45, 2.75) is 45.6 Å². The van der Waals surface area contributed by atoms with Gasteiger partial charge in [-0.05, 0) is 60.4 Å². The monoisotopic (exact) mass is 517 g/mol. The van der Waals surface area contributed by atoms with E-state index in [0.29, 0.717) is 17.1 Å². The van der Waals surface area contributed by atoms with Gasteiger partial charge in [-0.1, -0.05) is 42.5 Å². The van der Waals surface area contributed by atoms with Crippen LogP contribution in [0.25, 0.3) is 27.3 Å². The molecule has 1 aliphatic rings. The van der Waals surface area contributed by atoms with Crippen molar-refractivity contribution in [1.29, 1.82) is 0 Å². The van der Waals surface area contributed by atoms with Gasteiger partial charge >= 0.3 is 6.01 Å². The molecule has 0 aliphatic carbocycles. The van der Waals surface area contributed by atoms with Gasteiger partial charge in [-0.3, -0.25) is 0 Å². The van der Waals surface area contributed by atoms with E-state index in [1.54, 1.807) is 11.0 Å². The average molecular weight is 518 g/mol. The van der Waals surface area contributed by atoms with Crippen LogP contribution in [0.4, 0.5) is 6.01 Å². The quantitative estimate of drug-likeness (QED) is 0.304. The first-order valence-corrected chi connectivity index (χ1v) is 13.2. The third kappa shape index (κ3) is 4.88. The molecule has 0 radical (unpaired) electrons. The number of rotatable bonds is 7. The Kier molecular flexibility index (Phi) is 6.25. The summed E-state index contributed by atoms with van der Waals surface area (Å²) in [5.74, 6) is 1.44. The summed E-state index contributed by atoms with van der Waals surface area (Å²) in [4.78, 5) is 17.1. The van der Waals surface area contributed by atoms with Crippen LogP contribution in [-0.2, 0) is 0 Å². The predicted octanol–water partition coefficient (Wildman–Crippen LogP) is 4.52. The maximum Gasteiger partial charge on any atom is 0.324 e. The van der Waals surface area contributed by atoms with Crippen LogP contribution < -0.4 is 9.64 Å². The minimum atomic E-state index is 0.0508. The average Bonchev–Trinajstić information content (AvgIpc) is 3.69. The smallest absolute Gasteiger partial charge is 0.324 e. The van der Waals surface area contributed by atoms with Gasteiger partial charge in [0, 0.05) is 24.6 Å². The Hall–Kier alpha value is -3.93. The van der Waals surface area contributed by atoms with Gasteiger partial charge < -0.3 is 14.2 Å². The van der Waals surface area contributed by atoms with E-state index in [1.165, 1.54) is 11.3 Å². The topological polar surface area (TPSA) is 121 Å². The molecule has 6 rings (SSSR count). The van der Waals surface area contributed by atoms with E-state index in [2.05, 4.69) is 56.3 Å². The number of tetrazole rings is 1. The minimum Gasteiger partial charge on any atom is -0.467 e. The third-order valence-corrected chi connectivity index (χ3v) is 7.58. The molecule has 5 aromatic rings. The zero-order valence-corrected chi connectivity index (χ0v) is 21.7. The highest BCUT2D eigenvalue weighted by Gasteiger charge is 2.28. The number of anilines is 1. The molecule has 190 valence electrons. The largest absolute Gasteiger partial charge is 0.467 e. The molecule has 0 bridgehead atoms. The first kappa shape index (κ1) is 23.5. The number of piperidine rings is 1. The van der Waals surface area contributed by atoms with Crippen LogP contribution in [0.1, 0.15) is 45.4 Å². The number of aromatic nitrogens is 8. The van der Waals surface area contributed by atoms with Crippen molar-refractivity contribution < 1.29 is 9.26 Å². The Morgan fingerprint density at radius 2 is 1.81 bits per heavy atom. The van der Waals surface area contributed by atoms with Crippen molar-refractivity contribution >= 4 is 27.7 Å². The van der Waals surface area contributed by atoms with E-state index >= 15 is 0 Å². The molecule has 1 unspecified atom stereocenters. The van der Waals surface area contributed by atoms with Crippen molar-refractivity contribution in [2.75, 3.05) is 18.0 Å². The van der Waals surface area contributed by atoms with Crippen LogP contribution in [0, 0.1) is 5.92 Å². The second-order valence-corrected chi connectivity index (χ2v) is 10.5. The van der Waals surface area contributed by atoms with Gasteiger partial charge in [0.1, 0.15) is 22.8 Å². The fourth-order valence-corrected chi connectivity index (χ4v) is 5.35. The standard InChI is InChI=1S/C25H27N9O2S/c1-15(2)22-29-24(36-30-22)33-12-10-17(11-13-33)16(3)35-25-28-21-9-8-20(27-23(21)37-25)18-4-6-19(7-5-18)34-14-26-31-32-34/h4-9,14-17H,10-13H2,1-3H3. The SMILES string of the molecule is CC(C)c1noc(N2CCC(C(C)Oc3nc4ccc(-c5ccc(-n6cnnn6)cc5)nc4s3)CC2)n1. The molecule has 0 spiro atoms. The number of fused-ring (bicyclic) bond motifs is 1. The van der Waals surface area contributed by atoms with Gasteiger partial charge in [0.2, 0.25) is 0 Å². The molecule has 1 saturated heterocycles. The molecule has 11 nitrogen and oxygen atoms in total. The number of pyridine rings is 1. The van der Waals surface area contributed by atoms with Crippen molar-refractivity contribution in [3.63, 3.8) is 0 Å². The molecule has 0 saturated carbocycles. The maximum atomic E-state index is 6.29. The Labute approximate surface area is 217 Å². The molecule has 37 heavy (non-hydrogen) atoms. The molecule has 1 aromatic carbocycles. The molecule has 5 heterocycles. The van der Waals surface area contributed by atoms with Gasteiger partial charge in [0.25, 0.3) is 5.19 Å². The number of hydrogen-bond donors (Lipinski definition) is 0. The van der Waals surface area contributed by atoms with E-state index < -0.39 is 0 Å². The van der Waals surface area contributed by atoms with E-state index in [0.717, 1.165) is 59.0 Å². The Bertz CT molecular complexity index is 1470. The lowest BCUT2D eigenvalue weighted by Gasteiger charge is -2.33. The zero-order valence-electron chi connectivity index (χ0n) is 20.9. The summed E-state index contributed by atoms with van der Waals surface area (Å²) in [7, 11) is 0. The minimum absolute atomic E-state index is 0.0508. The van der Waals surface area contributed by atoms with Gasteiger partial charge in [0.15, 0.2) is 5.82 Å². The van der Waals surface area contributed by atoms with Gasteiger partial charge in [-0.25, -0.2) is 14.6 Å². The Morgan fingerprint density at radius 3 is 2.51 bits per heavy atom. The zero-order chi connectivity index (χ0) is 25.4. The number of thiazole rings is 1. The van der Waals surface area contributed by atoms with E-state index in [4.69, 9.17) is 14.2 Å². The summed E-state index contributed by atoms with van der Waals surface area (Å²) in [6.07, 6.45) is 3.61. The number of nitrogens with zero attached hydrogens (tertiary/aromatic N) is 9. The first-order chi connectivity index (χ1) is 18.0. The van der Waals surface area contributed by atoms with Crippen molar-refractivity contribution in [2.24, 2.45) is 5.92 Å². The molecule has 1 aliphatic heterocycles. The molecular formula is C25H27N9O2S. The second kappa shape index (κ2) is 9.85. The first-order valence-electron chi connectivity index (χ1n) is 12.4. The lowest BCUT2D eigenvalue weighted by atomic mass is 9.92. The molecular weight excluding hydrogens is 490 g/mol. The fourth-order valence-electron chi connectivity index (χ4n) is 4.48. The maximum absolute atomic E-state index is 6.29. The Balaban J connectivity index is 1.09. The van der Waals surface area contributed by atoms with Crippen molar-refractivity contribution in [3.8, 4) is 22.1 Å². The molecule has 1 atom stereocenters. The van der Waals surface area contributed by atoms with Crippen LogP contribution in [0.15, 0.2) is 47.2 Å². The second-order valence-electron chi connectivity index (χ2n) is 9.54. The highest BCUT2D eigenvalue weighted by molar-refractivity contribution is 7.19. The Morgan fingerprint density at radius 1 is 1.00 bits per heavy atom. The van der Waals surface area contributed by atoms with Crippen LogP contribution >= 0.6 is 11.3 Å². The molecule has 1 fully saturated rings. The predicted molar refractivity (Wildman–Crippen MR) is 139 cm³/mol. The highest BCUT2D eigenvalue weighted by Crippen LogP contribution is 2.32. The van der Waals surface area contributed by atoms with Crippen LogP contribution in [0.5, 0.6) is 5.19 Å². The molecule has 12 heteroatoms. The summed E-state index contributed by atoms with van der Waals surface area (Å²) in [5.41, 5.74) is 3.62. The summed E-state index contributed by atoms with van der Waals surface area (Å²) in [6.45, 7) is 7.99. The van der Waals surface area contributed by atoms with Crippen molar-refractivity contribution in [3.05, 3.63) is 48.5 Å². The number of benzene rings is 1. The lowest BCUT2D eigenvalue weighted by molar-refractivity contribution is 0.131. The van der Waals surface area contributed by atoms with Crippen LogP contribution in [-0.4, -0.2) is 59.5 Å². The lowest BCUT2D eigenvalue weighted by Crippen LogP contribution is -2.38. The summed E-state index contributed by atoms with van der Waals surface area (Å²) >= 11 is 1.48. The third-order valence-electron chi connectivity index (χ3n) is 6.72. The molecule has 0 amide bonds. The van der Waals surface area contributed by atoms with Gasteiger partial charge in [0.05, 0.1) is 11.4 Å². The van der Waals surface area contributed by atoms with Crippen LogP contribution in [0.3, 0.4) is 0 Å². The van der Waals surface area contributed by atoms with Crippen LogP contribution in [0.2, 0.25) is 0 Å². The molecule has 0 N–H and O–H groups in total. The normalized spacial score (nSPS) is 15.5.